The first-order chi connectivity index (χ1) is 10.0. The Labute approximate surface area is 137 Å². The summed E-state index contributed by atoms with van der Waals surface area (Å²) in [6.45, 7) is 4.55. The monoisotopic (exact) mass is 353 g/mol. The van der Waals surface area contributed by atoms with Crippen molar-refractivity contribution in [2.75, 3.05) is 27.2 Å². The second kappa shape index (κ2) is 7.73. The van der Waals surface area contributed by atoms with E-state index in [1.807, 2.05) is 0 Å². The predicted octanol–water partition coefficient (Wildman–Crippen LogP) is 3.25. The van der Waals surface area contributed by atoms with Gasteiger partial charge in [0.1, 0.15) is 0 Å². The predicted molar refractivity (Wildman–Crippen MR) is 93.4 cm³/mol. The fourth-order valence-corrected chi connectivity index (χ4v) is 3.56. The average Bonchev–Trinajstić information content (AvgIpc) is 2.49. The Morgan fingerprint density at radius 2 is 1.86 bits per heavy atom. The number of likely N-dealkylation sites (tertiary alicyclic amines) is 1. The number of rotatable bonds is 5. The van der Waals surface area contributed by atoms with Gasteiger partial charge in [-0.1, -0.05) is 35.0 Å². The molecule has 0 spiro atoms. The van der Waals surface area contributed by atoms with E-state index in [4.69, 9.17) is 5.73 Å². The smallest absolute Gasteiger partial charge is 0.0498 e. The molecule has 1 fully saturated rings. The first kappa shape index (κ1) is 16.9. The van der Waals surface area contributed by atoms with Crippen LogP contribution in [0.25, 0.3) is 0 Å². The SMILES string of the molecule is CCC(N)C(c1ccc(Br)cc1)N(C)C1CCN(C)CC1. The van der Waals surface area contributed by atoms with E-state index >= 15 is 0 Å². The van der Waals surface area contributed by atoms with E-state index in [2.05, 4.69) is 71.0 Å². The number of nitrogens with two attached hydrogens (primary N) is 1. The topological polar surface area (TPSA) is 32.5 Å². The molecule has 0 aromatic heterocycles. The highest BCUT2D eigenvalue weighted by molar-refractivity contribution is 9.10. The van der Waals surface area contributed by atoms with Gasteiger partial charge in [0.25, 0.3) is 0 Å². The Kier molecular flexibility index (Phi) is 6.23. The Hall–Kier alpha value is -0.420. The number of nitrogens with zero attached hydrogens (tertiary/aromatic N) is 2. The molecule has 0 amide bonds. The molecule has 1 aliphatic heterocycles. The first-order valence-electron chi connectivity index (χ1n) is 7.94. The molecule has 2 N–H and O–H groups in total. The number of piperidine rings is 1. The third-order valence-electron chi connectivity index (χ3n) is 4.79. The van der Waals surface area contributed by atoms with E-state index in [0.717, 1.165) is 10.9 Å². The average molecular weight is 354 g/mol. The van der Waals surface area contributed by atoms with E-state index in [1.54, 1.807) is 0 Å². The minimum Gasteiger partial charge on any atom is -0.326 e. The number of hydrogen-bond donors (Lipinski definition) is 1. The molecule has 0 radical (unpaired) electrons. The molecular weight excluding hydrogens is 326 g/mol. The molecule has 2 unspecified atom stereocenters. The van der Waals surface area contributed by atoms with Crippen LogP contribution in [0.1, 0.15) is 37.8 Å². The zero-order valence-electron chi connectivity index (χ0n) is 13.4. The lowest BCUT2D eigenvalue weighted by atomic mass is 9.93. The molecule has 2 atom stereocenters. The molecule has 1 aliphatic rings. The molecule has 1 heterocycles. The van der Waals surface area contributed by atoms with Crippen LogP contribution in [0.5, 0.6) is 0 Å². The standard InChI is InChI=1S/C17H28BrN3/c1-4-16(19)17(13-5-7-14(18)8-6-13)21(3)15-9-11-20(2)12-10-15/h5-8,15-17H,4,9-12,19H2,1-3H3. The minimum atomic E-state index is 0.177. The summed E-state index contributed by atoms with van der Waals surface area (Å²) >= 11 is 3.52. The highest BCUT2D eigenvalue weighted by Gasteiger charge is 2.30. The van der Waals surface area contributed by atoms with E-state index in [9.17, 15) is 0 Å². The Balaban J connectivity index is 2.17. The van der Waals surface area contributed by atoms with Crippen molar-refractivity contribution in [1.29, 1.82) is 0 Å². The molecule has 0 bridgehead atoms. The van der Waals surface area contributed by atoms with Crippen molar-refractivity contribution in [1.82, 2.24) is 9.80 Å². The van der Waals surface area contributed by atoms with Gasteiger partial charge in [-0.3, -0.25) is 4.90 Å². The zero-order chi connectivity index (χ0) is 15.4. The van der Waals surface area contributed by atoms with Crippen LogP contribution in [-0.2, 0) is 0 Å². The normalized spacial score (nSPS) is 20.7. The van der Waals surface area contributed by atoms with Gasteiger partial charge >= 0.3 is 0 Å². The number of halogens is 1. The number of hydrogen-bond acceptors (Lipinski definition) is 3. The van der Waals surface area contributed by atoms with Gasteiger partial charge in [-0.05, 0) is 64.1 Å². The van der Waals surface area contributed by atoms with Crippen LogP contribution in [0.2, 0.25) is 0 Å². The van der Waals surface area contributed by atoms with Crippen molar-refractivity contribution >= 4 is 15.9 Å². The van der Waals surface area contributed by atoms with Crippen molar-refractivity contribution in [2.45, 2.75) is 44.3 Å². The van der Waals surface area contributed by atoms with Gasteiger partial charge in [-0.2, -0.15) is 0 Å². The third-order valence-corrected chi connectivity index (χ3v) is 5.32. The highest BCUT2D eigenvalue weighted by Crippen LogP contribution is 2.29. The highest BCUT2D eigenvalue weighted by atomic mass is 79.9. The second-order valence-electron chi connectivity index (χ2n) is 6.27. The van der Waals surface area contributed by atoms with Crippen LogP contribution in [-0.4, -0.2) is 49.1 Å². The lowest BCUT2D eigenvalue weighted by Gasteiger charge is -2.41. The maximum Gasteiger partial charge on any atom is 0.0498 e. The number of likely N-dealkylation sites (N-methyl/N-ethyl adjacent to an activating group) is 1. The van der Waals surface area contributed by atoms with E-state index in [0.29, 0.717) is 12.1 Å². The molecule has 118 valence electrons. The van der Waals surface area contributed by atoms with Gasteiger partial charge in [0.15, 0.2) is 0 Å². The lowest BCUT2D eigenvalue weighted by molar-refractivity contribution is 0.0935. The fraction of sp³-hybridized carbons (Fsp3) is 0.647. The van der Waals surface area contributed by atoms with E-state index in [1.165, 1.54) is 31.5 Å². The van der Waals surface area contributed by atoms with Crippen molar-refractivity contribution < 1.29 is 0 Å². The summed E-state index contributed by atoms with van der Waals surface area (Å²) in [5, 5.41) is 0. The van der Waals surface area contributed by atoms with Crippen molar-refractivity contribution in [3.8, 4) is 0 Å². The van der Waals surface area contributed by atoms with Crippen LogP contribution < -0.4 is 5.73 Å². The maximum absolute atomic E-state index is 6.46. The van der Waals surface area contributed by atoms with Crippen LogP contribution >= 0.6 is 15.9 Å². The van der Waals surface area contributed by atoms with Gasteiger partial charge in [0, 0.05) is 22.6 Å². The van der Waals surface area contributed by atoms with Crippen LogP contribution in [0, 0.1) is 0 Å². The molecule has 1 saturated heterocycles. The molecule has 0 aliphatic carbocycles. The molecule has 0 saturated carbocycles. The summed E-state index contributed by atoms with van der Waals surface area (Å²) in [5.74, 6) is 0. The van der Waals surface area contributed by atoms with Crippen LogP contribution in [0.15, 0.2) is 28.7 Å². The van der Waals surface area contributed by atoms with Gasteiger partial charge in [0.05, 0.1) is 0 Å². The van der Waals surface area contributed by atoms with Gasteiger partial charge < -0.3 is 10.6 Å². The maximum atomic E-state index is 6.46. The van der Waals surface area contributed by atoms with Gasteiger partial charge in [0.2, 0.25) is 0 Å². The Bertz CT molecular complexity index is 426. The molecule has 2 rings (SSSR count). The summed E-state index contributed by atoms with van der Waals surface area (Å²) in [6.07, 6.45) is 3.46. The minimum absolute atomic E-state index is 0.177. The van der Waals surface area contributed by atoms with Crippen molar-refractivity contribution in [3.05, 3.63) is 34.3 Å². The zero-order valence-corrected chi connectivity index (χ0v) is 15.0. The molecule has 4 heteroatoms. The second-order valence-corrected chi connectivity index (χ2v) is 7.18. The summed E-state index contributed by atoms with van der Waals surface area (Å²) in [5.41, 5.74) is 7.79. The first-order valence-corrected chi connectivity index (χ1v) is 8.73. The summed E-state index contributed by atoms with van der Waals surface area (Å²) in [4.78, 5) is 4.93. The lowest BCUT2D eigenvalue weighted by Crippen LogP contribution is -2.48. The van der Waals surface area contributed by atoms with Crippen molar-refractivity contribution in [3.63, 3.8) is 0 Å². The molecule has 21 heavy (non-hydrogen) atoms. The Morgan fingerprint density at radius 1 is 1.29 bits per heavy atom. The summed E-state index contributed by atoms with van der Waals surface area (Å²) in [7, 11) is 4.46. The summed E-state index contributed by atoms with van der Waals surface area (Å²) < 4.78 is 1.12. The molecule has 1 aromatic rings. The van der Waals surface area contributed by atoms with Crippen LogP contribution in [0.3, 0.4) is 0 Å². The van der Waals surface area contributed by atoms with Gasteiger partial charge in [-0.25, -0.2) is 0 Å². The largest absolute Gasteiger partial charge is 0.326 e. The van der Waals surface area contributed by atoms with Crippen LogP contribution in [0.4, 0.5) is 0 Å². The molecular formula is C17H28BrN3. The Morgan fingerprint density at radius 3 is 2.38 bits per heavy atom. The van der Waals surface area contributed by atoms with E-state index in [-0.39, 0.29) is 6.04 Å². The molecule has 3 nitrogen and oxygen atoms in total. The van der Waals surface area contributed by atoms with Gasteiger partial charge in [-0.15, -0.1) is 0 Å². The van der Waals surface area contributed by atoms with Crippen molar-refractivity contribution in [2.24, 2.45) is 5.73 Å². The fourth-order valence-electron chi connectivity index (χ4n) is 3.30. The summed E-state index contributed by atoms with van der Waals surface area (Å²) in [6, 6.07) is 9.76. The number of benzene rings is 1. The van der Waals surface area contributed by atoms with E-state index < -0.39 is 0 Å². The molecule has 1 aromatic carbocycles. The quantitative estimate of drug-likeness (QED) is 0.881. The third kappa shape index (κ3) is 4.28.